The van der Waals surface area contributed by atoms with Crippen molar-refractivity contribution in [3.8, 4) is 0 Å². The van der Waals surface area contributed by atoms with Gasteiger partial charge in [0.2, 0.25) is 0 Å². The first-order valence-electron chi connectivity index (χ1n) is 7.86. The van der Waals surface area contributed by atoms with Crippen molar-refractivity contribution < 1.29 is 22.7 Å². The summed E-state index contributed by atoms with van der Waals surface area (Å²) in [5.41, 5.74) is -1.50. The summed E-state index contributed by atoms with van der Waals surface area (Å²) in [5.74, 6) is 0.273. The van der Waals surface area contributed by atoms with Gasteiger partial charge in [-0.05, 0) is 62.4 Å². The van der Waals surface area contributed by atoms with Gasteiger partial charge in [-0.25, -0.2) is 9.78 Å². The molecule has 0 spiro atoms. The summed E-state index contributed by atoms with van der Waals surface area (Å²) < 4.78 is 44.7. The van der Waals surface area contributed by atoms with Gasteiger partial charge in [0.05, 0.1) is 0 Å². The van der Waals surface area contributed by atoms with Crippen LogP contribution in [0, 0.1) is 3.57 Å². The van der Waals surface area contributed by atoms with E-state index in [1.165, 1.54) is 0 Å². The molecule has 2 heterocycles. The molecule has 9 heteroatoms. The van der Waals surface area contributed by atoms with Crippen molar-refractivity contribution in [2.45, 2.75) is 45.5 Å². The van der Waals surface area contributed by atoms with E-state index in [0.717, 1.165) is 6.07 Å². The minimum absolute atomic E-state index is 0.197. The molecular formula is C16H21F3IN3O2. The molecule has 2 rings (SSSR count). The first kappa shape index (κ1) is 20.1. The van der Waals surface area contributed by atoms with Crippen molar-refractivity contribution in [3.05, 3.63) is 21.4 Å². The summed E-state index contributed by atoms with van der Waals surface area (Å²) >= 11 is 1.85. The van der Waals surface area contributed by atoms with E-state index in [9.17, 15) is 18.0 Å². The predicted molar refractivity (Wildman–Crippen MR) is 96.6 cm³/mol. The number of hydrogen-bond acceptors (Lipinski definition) is 4. The zero-order valence-electron chi connectivity index (χ0n) is 14.5. The molecule has 0 bridgehead atoms. The van der Waals surface area contributed by atoms with E-state index in [2.05, 4.69) is 4.98 Å². The highest BCUT2D eigenvalue weighted by Crippen LogP contribution is 2.31. The van der Waals surface area contributed by atoms with Gasteiger partial charge in [-0.2, -0.15) is 13.2 Å². The van der Waals surface area contributed by atoms with Crippen LogP contribution in [-0.4, -0.2) is 47.3 Å². The fraction of sp³-hybridized carbons (Fsp3) is 0.625. The van der Waals surface area contributed by atoms with Crippen molar-refractivity contribution >= 4 is 34.5 Å². The highest BCUT2D eigenvalue weighted by atomic mass is 127. The van der Waals surface area contributed by atoms with Crippen LogP contribution in [0.15, 0.2) is 12.1 Å². The Morgan fingerprint density at radius 1 is 1.28 bits per heavy atom. The molecule has 1 saturated heterocycles. The van der Waals surface area contributed by atoms with E-state index < -0.39 is 23.6 Å². The van der Waals surface area contributed by atoms with Gasteiger partial charge in [0.15, 0.2) is 0 Å². The lowest BCUT2D eigenvalue weighted by Gasteiger charge is -2.40. The zero-order chi connectivity index (χ0) is 19.0. The minimum Gasteiger partial charge on any atom is -0.444 e. The number of rotatable bonds is 1. The summed E-state index contributed by atoms with van der Waals surface area (Å²) in [7, 11) is 0. The van der Waals surface area contributed by atoms with E-state index in [4.69, 9.17) is 4.74 Å². The van der Waals surface area contributed by atoms with E-state index in [-0.39, 0.29) is 11.9 Å². The third-order valence-corrected chi connectivity index (χ3v) is 4.27. The number of nitrogens with zero attached hydrogens (tertiary/aromatic N) is 3. The lowest BCUT2D eigenvalue weighted by molar-refractivity contribution is -0.141. The molecule has 0 radical (unpaired) electrons. The summed E-state index contributed by atoms with van der Waals surface area (Å²) in [6.07, 6.45) is -4.90. The number of piperazine rings is 1. The maximum atomic E-state index is 13.0. The van der Waals surface area contributed by atoms with Crippen molar-refractivity contribution in [1.82, 2.24) is 9.88 Å². The van der Waals surface area contributed by atoms with Crippen LogP contribution in [0.2, 0.25) is 0 Å². The smallest absolute Gasteiger partial charge is 0.433 e. The number of hydrogen-bond donors (Lipinski definition) is 0. The van der Waals surface area contributed by atoms with Crippen LogP contribution in [0.1, 0.15) is 33.4 Å². The number of pyridine rings is 1. The van der Waals surface area contributed by atoms with Gasteiger partial charge in [-0.15, -0.1) is 0 Å². The normalized spacial score (nSPS) is 19.1. The number of carbonyl (C=O) groups excluding carboxylic acids is 1. The van der Waals surface area contributed by atoms with Crippen molar-refractivity contribution in [1.29, 1.82) is 0 Å². The summed E-state index contributed by atoms with van der Waals surface area (Å²) in [6.45, 7) is 8.37. The molecule has 1 aliphatic rings. The van der Waals surface area contributed by atoms with E-state index in [1.807, 2.05) is 29.5 Å². The number of halogens is 4. The molecule has 0 aromatic carbocycles. The van der Waals surface area contributed by atoms with Crippen LogP contribution in [0.5, 0.6) is 0 Å². The second kappa shape index (κ2) is 7.16. The van der Waals surface area contributed by atoms with Gasteiger partial charge in [0, 0.05) is 29.2 Å². The Labute approximate surface area is 158 Å². The lowest BCUT2D eigenvalue weighted by atomic mass is 10.2. The first-order valence-corrected chi connectivity index (χ1v) is 8.94. The van der Waals surface area contributed by atoms with Crippen molar-refractivity contribution in [2.75, 3.05) is 24.5 Å². The Morgan fingerprint density at radius 3 is 2.44 bits per heavy atom. The molecule has 1 atom stereocenters. The van der Waals surface area contributed by atoms with E-state index in [1.54, 1.807) is 36.6 Å². The largest absolute Gasteiger partial charge is 0.444 e. The van der Waals surface area contributed by atoms with Crippen molar-refractivity contribution in [2.24, 2.45) is 0 Å². The van der Waals surface area contributed by atoms with Gasteiger partial charge in [-0.1, -0.05) is 0 Å². The fourth-order valence-corrected chi connectivity index (χ4v) is 3.12. The van der Waals surface area contributed by atoms with Crippen LogP contribution < -0.4 is 4.90 Å². The number of carbonyl (C=O) groups is 1. The second-order valence-corrected chi connectivity index (χ2v) is 8.24. The molecule has 1 unspecified atom stereocenters. The first-order chi connectivity index (χ1) is 11.4. The Morgan fingerprint density at radius 2 is 1.92 bits per heavy atom. The summed E-state index contributed by atoms with van der Waals surface area (Å²) in [6, 6.07) is 2.44. The molecule has 1 aromatic heterocycles. The van der Waals surface area contributed by atoms with Gasteiger partial charge < -0.3 is 14.5 Å². The number of anilines is 1. The maximum absolute atomic E-state index is 13.0. The van der Waals surface area contributed by atoms with Gasteiger partial charge in [-0.3, -0.25) is 0 Å². The average Bonchev–Trinajstić information content (AvgIpc) is 2.43. The molecule has 1 aliphatic heterocycles. The average molecular weight is 471 g/mol. The molecule has 0 N–H and O–H groups in total. The van der Waals surface area contributed by atoms with Crippen LogP contribution in [0.4, 0.5) is 23.8 Å². The highest BCUT2D eigenvalue weighted by Gasteiger charge is 2.35. The Bertz CT molecular complexity index is 646. The van der Waals surface area contributed by atoms with Crippen LogP contribution in [0.3, 0.4) is 0 Å². The van der Waals surface area contributed by atoms with Crippen LogP contribution in [0.25, 0.3) is 0 Å². The molecule has 1 aromatic rings. The summed E-state index contributed by atoms with van der Waals surface area (Å²) in [5, 5.41) is 0. The molecule has 1 amide bonds. The van der Waals surface area contributed by atoms with Crippen LogP contribution >= 0.6 is 22.6 Å². The Balaban J connectivity index is 2.13. The van der Waals surface area contributed by atoms with E-state index >= 15 is 0 Å². The standard InChI is InChI=1S/C16H21F3IN3O2/c1-10-9-22(5-6-23(10)14(24)25-15(2,3)4)13-8-11(20)7-12(21-13)16(17,18)19/h7-8,10H,5-6,9H2,1-4H3. The SMILES string of the molecule is CC1CN(c2cc(I)cc(C(F)(F)F)n2)CCN1C(=O)OC(C)(C)C. The van der Waals surface area contributed by atoms with Crippen LogP contribution in [-0.2, 0) is 10.9 Å². The molecular weight excluding hydrogens is 450 g/mol. The fourth-order valence-electron chi connectivity index (χ4n) is 2.55. The third kappa shape index (κ3) is 5.35. The minimum atomic E-state index is -4.49. The Kier molecular flexibility index (Phi) is 5.75. The summed E-state index contributed by atoms with van der Waals surface area (Å²) in [4.78, 5) is 19.3. The second-order valence-electron chi connectivity index (χ2n) is 7.00. The molecule has 5 nitrogen and oxygen atoms in total. The maximum Gasteiger partial charge on any atom is 0.433 e. The molecule has 0 aliphatic carbocycles. The number of aromatic nitrogens is 1. The third-order valence-electron chi connectivity index (χ3n) is 3.65. The molecule has 0 saturated carbocycles. The topological polar surface area (TPSA) is 45.7 Å². The highest BCUT2D eigenvalue weighted by molar-refractivity contribution is 14.1. The molecule has 1 fully saturated rings. The van der Waals surface area contributed by atoms with Crippen molar-refractivity contribution in [3.63, 3.8) is 0 Å². The molecule has 140 valence electrons. The predicted octanol–water partition coefficient (Wildman–Crippen LogP) is 4.15. The van der Waals surface area contributed by atoms with Gasteiger partial charge >= 0.3 is 12.3 Å². The zero-order valence-corrected chi connectivity index (χ0v) is 16.7. The van der Waals surface area contributed by atoms with Gasteiger partial charge in [0.25, 0.3) is 0 Å². The number of amides is 1. The Hall–Kier alpha value is -1.26. The van der Waals surface area contributed by atoms with E-state index in [0.29, 0.717) is 23.2 Å². The number of ether oxygens (including phenoxy) is 1. The monoisotopic (exact) mass is 471 g/mol. The quantitative estimate of drug-likeness (QED) is 0.578. The number of alkyl halides is 3. The lowest BCUT2D eigenvalue weighted by Crippen LogP contribution is -2.55. The van der Waals surface area contributed by atoms with Gasteiger partial charge in [0.1, 0.15) is 17.1 Å². The molecule has 25 heavy (non-hydrogen) atoms.